The van der Waals surface area contributed by atoms with Crippen LogP contribution in [0, 0.1) is 0 Å². The average Bonchev–Trinajstić information content (AvgIpc) is 2.58. The zero-order chi connectivity index (χ0) is 17.2. The number of aryl methyl sites for hydroxylation is 1. The van der Waals surface area contributed by atoms with Crippen LogP contribution in [0.15, 0.2) is 41.5 Å². The Morgan fingerprint density at radius 3 is 2.40 bits per heavy atom. The molecule has 2 fully saturated rings. The number of pyridine rings is 2. The van der Waals surface area contributed by atoms with E-state index in [1.54, 1.807) is 17.7 Å². The van der Waals surface area contributed by atoms with E-state index in [-0.39, 0.29) is 11.7 Å². The molecule has 2 aromatic rings. The van der Waals surface area contributed by atoms with E-state index in [4.69, 9.17) is 4.74 Å². The van der Waals surface area contributed by atoms with E-state index in [9.17, 15) is 4.79 Å². The first-order valence-electron chi connectivity index (χ1n) is 9.23. The van der Waals surface area contributed by atoms with Gasteiger partial charge in [0.25, 0.3) is 0 Å². The van der Waals surface area contributed by atoms with Crippen LogP contribution in [0.1, 0.15) is 32.1 Å². The third-order valence-corrected chi connectivity index (χ3v) is 5.51. The van der Waals surface area contributed by atoms with Crippen molar-refractivity contribution in [1.82, 2.24) is 14.5 Å². The SMILES string of the molecule is Cn1cc(-c2ccc(OC3CCN(C4CCC4)CC3)nc2)ccc1=O. The second-order valence-electron chi connectivity index (χ2n) is 7.19. The zero-order valence-corrected chi connectivity index (χ0v) is 14.7. The standard InChI is InChI=1S/C20H25N3O2/c1-22-14-16(6-8-20(22)24)15-5-7-19(21-13-15)25-18-9-11-23(12-10-18)17-3-2-4-17/h5-8,13-14,17-18H,2-4,9-12H2,1H3. The molecule has 1 aliphatic heterocycles. The maximum Gasteiger partial charge on any atom is 0.250 e. The fourth-order valence-electron chi connectivity index (χ4n) is 3.67. The Balaban J connectivity index is 1.36. The highest BCUT2D eigenvalue weighted by molar-refractivity contribution is 5.61. The summed E-state index contributed by atoms with van der Waals surface area (Å²) in [6.07, 6.45) is 10.2. The summed E-state index contributed by atoms with van der Waals surface area (Å²) in [5.74, 6) is 0.690. The van der Waals surface area contributed by atoms with Crippen molar-refractivity contribution >= 4 is 0 Å². The summed E-state index contributed by atoms with van der Waals surface area (Å²) in [6, 6.07) is 8.18. The molecular weight excluding hydrogens is 314 g/mol. The summed E-state index contributed by atoms with van der Waals surface area (Å²) < 4.78 is 7.65. The van der Waals surface area contributed by atoms with Gasteiger partial charge in [-0.25, -0.2) is 4.98 Å². The smallest absolute Gasteiger partial charge is 0.250 e. The number of hydrogen-bond donors (Lipinski definition) is 0. The molecule has 25 heavy (non-hydrogen) atoms. The van der Waals surface area contributed by atoms with Gasteiger partial charge in [0.2, 0.25) is 11.4 Å². The molecule has 1 saturated heterocycles. The van der Waals surface area contributed by atoms with Gasteiger partial charge in [0, 0.05) is 56.3 Å². The van der Waals surface area contributed by atoms with Crippen LogP contribution in [0.5, 0.6) is 5.88 Å². The van der Waals surface area contributed by atoms with Gasteiger partial charge in [0.15, 0.2) is 0 Å². The van der Waals surface area contributed by atoms with Gasteiger partial charge in [-0.2, -0.15) is 0 Å². The topological polar surface area (TPSA) is 47.4 Å². The molecule has 5 heteroatoms. The summed E-state index contributed by atoms with van der Waals surface area (Å²) in [6.45, 7) is 2.29. The molecule has 0 spiro atoms. The molecule has 2 aromatic heterocycles. The largest absolute Gasteiger partial charge is 0.474 e. The van der Waals surface area contributed by atoms with Gasteiger partial charge in [0.05, 0.1) is 0 Å². The maximum absolute atomic E-state index is 11.5. The highest BCUT2D eigenvalue weighted by Crippen LogP contribution is 2.28. The van der Waals surface area contributed by atoms with Crippen LogP contribution < -0.4 is 10.3 Å². The molecule has 0 atom stereocenters. The molecule has 0 amide bonds. The fourth-order valence-corrected chi connectivity index (χ4v) is 3.67. The van der Waals surface area contributed by atoms with Gasteiger partial charge in [-0.3, -0.25) is 4.79 Å². The molecule has 1 saturated carbocycles. The summed E-state index contributed by atoms with van der Waals surface area (Å²) in [5.41, 5.74) is 1.96. The Kier molecular flexibility index (Phi) is 4.57. The van der Waals surface area contributed by atoms with Crippen LogP contribution in [0.3, 0.4) is 0 Å². The summed E-state index contributed by atoms with van der Waals surface area (Å²) >= 11 is 0. The van der Waals surface area contributed by atoms with Gasteiger partial charge in [0.1, 0.15) is 6.10 Å². The van der Waals surface area contributed by atoms with Crippen LogP contribution in [0.2, 0.25) is 0 Å². The van der Waals surface area contributed by atoms with Crippen molar-refractivity contribution in [1.29, 1.82) is 0 Å². The molecule has 3 heterocycles. The molecule has 2 aliphatic rings. The van der Waals surface area contributed by atoms with E-state index in [0.29, 0.717) is 5.88 Å². The average molecular weight is 339 g/mol. The number of nitrogens with zero attached hydrogens (tertiary/aromatic N) is 3. The Morgan fingerprint density at radius 1 is 1.04 bits per heavy atom. The molecule has 0 radical (unpaired) electrons. The summed E-state index contributed by atoms with van der Waals surface area (Å²) in [5, 5.41) is 0. The Hall–Kier alpha value is -2.14. The lowest BCUT2D eigenvalue weighted by molar-refractivity contribution is 0.0475. The highest BCUT2D eigenvalue weighted by atomic mass is 16.5. The van der Waals surface area contributed by atoms with E-state index in [0.717, 1.165) is 43.1 Å². The van der Waals surface area contributed by atoms with Gasteiger partial charge in [-0.15, -0.1) is 0 Å². The van der Waals surface area contributed by atoms with Crippen molar-refractivity contribution in [3.63, 3.8) is 0 Å². The Labute approximate surface area is 148 Å². The van der Waals surface area contributed by atoms with E-state index in [2.05, 4.69) is 9.88 Å². The van der Waals surface area contributed by atoms with Gasteiger partial charge >= 0.3 is 0 Å². The molecule has 1 aliphatic carbocycles. The van der Waals surface area contributed by atoms with Crippen LogP contribution in [-0.4, -0.2) is 39.7 Å². The second kappa shape index (κ2) is 7.00. The third kappa shape index (κ3) is 3.61. The van der Waals surface area contributed by atoms with E-state index >= 15 is 0 Å². The lowest BCUT2D eigenvalue weighted by Crippen LogP contribution is -2.46. The maximum atomic E-state index is 11.5. The first-order chi connectivity index (χ1) is 12.2. The predicted molar refractivity (Wildman–Crippen MR) is 97.8 cm³/mol. The van der Waals surface area contributed by atoms with E-state index in [1.165, 1.54) is 19.3 Å². The first kappa shape index (κ1) is 16.3. The minimum atomic E-state index is -0.00935. The van der Waals surface area contributed by atoms with Crippen LogP contribution >= 0.6 is 0 Å². The molecule has 0 aromatic carbocycles. The monoisotopic (exact) mass is 339 g/mol. The minimum absolute atomic E-state index is 0.00935. The Bertz CT molecular complexity index is 772. The molecule has 0 bridgehead atoms. The first-order valence-corrected chi connectivity index (χ1v) is 9.23. The van der Waals surface area contributed by atoms with Crippen molar-refractivity contribution in [2.75, 3.05) is 13.1 Å². The minimum Gasteiger partial charge on any atom is -0.474 e. The molecule has 0 N–H and O–H groups in total. The molecular formula is C20H25N3O2. The normalized spacial score (nSPS) is 19.6. The number of rotatable bonds is 4. The number of ether oxygens (including phenoxy) is 1. The van der Waals surface area contributed by atoms with E-state index in [1.807, 2.05) is 30.6 Å². The number of likely N-dealkylation sites (tertiary alicyclic amines) is 1. The van der Waals surface area contributed by atoms with Crippen LogP contribution in [-0.2, 0) is 7.05 Å². The molecule has 132 valence electrons. The summed E-state index contributed by atoms with van der Waals surface area (Å²) in [7, 11) is 1.76. The van der Waals surface area contributed by atoms with Crippen LogP contribution in [0.25, 0.3) is 11.1 Å². The van der Waals surface area contributed by atoms with Gasteiger partial charge < -0.3 is 14.2 Å². The zero-order valence-electron chi connectivity index (χ0n) is 14.7. The van der Waals surface area contributed by atoms with E-state index < -0.39 is 0 Å². The second-order valence-corrected chi connectivity index (χ2v) is 7.19. The van der Waals surface area contributed by atoms with Crippen LogP contribution in [0.4, 0.5) is 0 Å². The quantitative estimate of drug-likeness (QED) is 0.859. The summed E-state index contributed by atoms with van der Waals surface area (Å²) in [4.78, 5) is 18.6. The molecule has 0 unspecified atom stereocenters. The van der Waals surface area contributed by atoms with Crippen molar-refractivity contribution in [2.45, 2.75) is 44.2 Å². The van der Waals surface area contributed by atoms with Gasteiger partial charge in [-0.05, 0) is 43.4 Å². The van der Waals surface area contributed by atoms with Crippen molar-refractivity contribution in [3.05, 3.63) is 47.0 Å². The lowest BCUT2D eigenvalue weighted by Gasteiger charge is -2.41. The third-order valence-electron chi connectivity index (χ3n) is 5.51. The number of aromatic nitrogens is 2. The van der Waals surface area contributed by atoms with Crippen molar-refractivity contribution < 1.29 is 4.74 Å². The predicted octanol–water partition coefficient (Wildman–Crippen LogP) is 2.84. The lowest BCUT2D eigenvalue weighted by atomic mass is 9.90. The molecule has 4 rings (SSSR count). The van der Waals surface area contributed by atoms with Crippen molar-refractivity contribution in [3.8, 4) is 17.0 Å². The van der Waals surface area contributed by atoms with Crippen molar-refractivity contribution in [2.24, 2.45) is 7.05 Å². The fraction of sp³-hybridized carbons (Fsp3) is 0.500. The Morgan fingerprint density at radius 2 is 1.80 bits per heavy atom. The number of piperidine rings is 1. The highest BCUT2D eigenvalue weighted by Gasteiger charge is 2.29. The van der Waals surface area contributed by atoms with Gasteiger partial charge in [-0.1, -0.05) is 6.42 Å². The number of hydrogen-bond acceptors (Lipinski definition) is 4. The molecule has 5 nitrogen and oxygen atoms in total.